The first-order chi connectivity index (χ1) is 14.3. The van der Waals surface area contributed by atoms with E-state index in [4.69, 9.17) is 4.74 Å². The molecule has 8 heteroatoms. The Morgan fingerprint density at radius 1 is 1.17 bits per heavy atom. The van der Waals surface area contributed by atoms with E-state index in [-0.39, 0.29) is 5.91 Å². The number of nitrogens with zero attached hydrogens (tertiary/aromatic N) is 3. The summed E-state index contributed by atoms with van der Waals surface area (Å²) in [4.78, 5) is 30.8. The standard InChI is InChI=1S/C22H27N5O3/c1-22(2,3)30-21(29)27(15-16-8-6-11-23-14-16)13-7-12-24-20(28)19-17-9-4-5-10-18(17)25-26-19/h4-6,8-11,14H,7,12-13,15H2,1-3H3,(H,24,28)(H,25,26). The number of carbonyl (C=O) groups excluding carboxylic acids is 2. The molecule has 2 amide bonds. The molecule has 8 nitrogen and oxygen atoms in total. The third kappa shape index (κ3) is 5.79. The number of hydrogen-bond donors (Lipinski definition) is 2. The number of para-hydroxylation sites is 1. The van der Waals surface area contributed by atoms with Gasteiger partial charge in [0.15, 0.2) is 5.69 Å². The summed E-state index contributed by atoms with van der Waals surface area (Å²) in [5.41, 5.74) is 1.51. The van der Waals surface area contributed by atoms with Crippen molar-refractivity contribution in [1.29, 1.82) is 0 Å². The van der Waals surface area contributed by atoms with E-state index >= 15 is 0 Å². The molecule has 0 saturated heterocycles. The van der Waals surface area contributed by atoms with Crippen molar-refractivity contribution in [2.45, 2.75) is 39.3 Å². The lowest BCUT2D eigenvalue weighted by atomic mass is 10.2. The van der Waals surface area contributed by atoms with E-state index in [2.05, 4.69) is 20.5 Å². The lowest BCUT2D eigenvalue weighted by Crippen LogP contribution is -2.38. The maximum atomic E-state index is 12.6. The SMILES string of the molecule is CC(C)(C)OC(=O)N(CCCNC(=O)c1n[nH]c2ccccc12)Cc1cccnc1. The number of aromatic nitrogens is 3. The van der Waals surface area contributed by atoms with Gasteiger partial charge in [0.2, 0.25) is 0 Å². The molecule has 0 fully saturated rings. The topological polar surface area (TPSA) is 100 Å². The molecular formula is C22H27N5O3. The highest BCUT2D eigenvalue weighted by Crippen LogP contribution is 2.15. The van der Waals surface area contributed by atoms with Gasteiger partial charge in [-0.05, 0) is 44.9 Å². The number of fused-ring (bicyclic) bond motifs is 1. The summed E-state index contributed by atoms with van der Waals surface area (Å²) in [7, 11) is 0. The minimum Gasteiger partial charge on any atom is -0.444 e. The number of carbonyl (C=O) groups is 2. The van der Waals surface area contributed by atoms with E-state index in [0.29, 0.717) is 31.7 Å². The fourth-order valence-corrected chi connectivity index (χ4v) is 2.97. The molecule has 0 aliphatic rings. The van der Waals surface area contributed by atoms with Gasteiger partial charge in [0.05, 0.1) is 12.1 Å². The van der Waals surface area contributed by atoms with Gasteiger partial charge in [-0.2, -0.15) is 5.10 Å². The molecule has 0 spiro atoms. The zero-order chi connectivity index (χ0) is 21.6. The van der Waals surface area contributed by atoms with Crippen LogP contribution in [0.5, 0.6) is 0 Å². The number of amides is 2. The summed E-state index contributed by atoms with van der Waals surface area (Å²) in [6, 6.07) is 11.2. The summed E-state index contributed by atoms with van der Waals surface area (Å²) in [6.45, 7) is 6.74. The lowest BCUT2D eigenvalue weighted by Gasteiger charge is -2.27. The molecule has 3 aromatic rings. The largest absolute Gasteiger partial charge is 0.444 e. The van der Waals surface area contributed by atoms with Crippen LogP contribution in [0.4, 0.5) is 4.79 Å². The van der Waals surface area contributed by atoms with Gasteiger partial charge < -0.3 is 15.0 Å². The normalized spacial score (nSPS) is 11.3. The molecule has 0 aliphatic heterocycles. The lowest BCUT2D eigenvalue weighted by molar-refractivity contribution is 0.0232. The Bertz CT molecular complexity index is 995. The molecule has 0 atom stereocenters. The zero-order valence-corrected chi connectivity index (χ0v) is 17.5. The van der Waals surface area contributed by atoms with Gasteiger partial charge in [-0.15, -0.1) is 0 Å². The van der Waals surface area contributed by atoms with Crippen LogP contribution in [0.3, 0.4) is 0 Å². The molecule has 0 saturated carbocycles. The molecule has 1 aromatic carbocycles. The van der Waals surface area contributed by atoms with Crippen LogP contribution in [0.15, 0.2) is 48.8 Å². The summed E-state index contributed by atoms with van der Waals surface area (Å²) in [5.74, 6) is -0.247. The fraction of sp³-hybridized carbons (Fsp3) is 0.364. The van der Waals surface area contributed by atoms with Crippen LogP contribution < -0.4 is 5.32 Å². The Morgan fingerprint density at radius 3 is 2.70 bits per heavy atom. The first-order valence-corrected chi connectivity index (χ1v) is 9.91. The molecule has 0 radical (unpaired) electrons. The molecule has 2 N–H and O–H groups in total. The van der Waals surface area contributed by atoms with E-state index in [0.717, 1.165) is 16.5 Å². The zero-order valence-electron chi connectivity index (χ0n) is 17.5. The number of nitrogens with one attached hydrogen (secondary N) is 2. The third-order valence-corrected chi connectivity index (χ3v) is 4.32. The Labute approximate surface area is 175 Å². The van der Waals surface area contributed by atoms with Crippen LogP contribution in [0.2, 0.25) is 0 Å². The average molecular weight is 409 g/mol. The van der Waals surface area contributed by atoms with Gasteiger partial charge in [-0.3, -0.25) is 14.9 Å². The molecule has 0 bridgehead atoms. The Morgan fingerprint density at radius 2 is 1.97 bits per heavy atom. The number of H-pyrrole nitrogens is 1. The van der Waals surface area contributed by atoms with Crippen molar-refractivity contribution in [3.05, 3.63) is 60.0 Å². The Kier molecular flexibility index (Phi) is 6.66. The number of ether oxygens (including phenoxy) is 1. The van der Waals surface area contributed by atoms with Crippen LogP contribution in [-0.2, 0) is 11.3 Å². The average Bonchev–Trinajstić information content (AvgIpc) is 3.14. The van der Waals surface area contributed by atoms with Gasteiger partial charge in [0.25, 0.3) is 5.91 Å². The number of benzene rings is 1. The molecule has 0 unspecified atom stereocenters. The van der Waals surface area contributed by atoms with E-state index in [9.17, 15) is 9.59 Å². The smallest absolute Gasteiger partial charge is 0.410 e. The van der Waals surface area contributed by atoms with E-state index < -0.39 is 11.7 Å². The second-order valence-electron chi connectivity index (χ2n) is 7.99. The maximum absolute atomic E-state index is 12.6. The molecule has 158 valence electrons. The van der Waals surface area contributed by atoms with Gasteiger partial charge in [0, 0.05) is 30.9 Å². The second kappa shape index (κ2) is 9.39. The molecule has 3 rings (SSSR count). The van der Waals surface area contributed by atoms with Crippen LogP contribution in [0.25, 0.3) is 10.9 Å². The monoisotopic (exact) mass is 409 g/mol. The third-order valence-electron chi connectivity index (χ3n) is 4.32. The van der Waals surface area contributed by atoms with Gasteiger partial charge in [-0.1, -0.05) is 24.3 Å². The molecule has 2 heterocycles. The molecule has 0 aliphatic carbocycles. The molecule has 2 aromatic heterocycles. The van der Waals surface area contributed by atoms with Gasteiger partial charge in [-0.25, -0.2) is 4.79 Å². The summed E-state index contributed by atoms with van der Waals surface area (Å²) >= 11 is 0. The maximum Gasteiger partial charge on any atom is 0.410 e. The minimum absolute atomic E-state index is 0.247. The van der Waals surface area contributed by atoms with E-state index in [1.54, 1.807) is 17.3 Å². The van der Waals surface area contributed by atoms with Crippen molar-refractivity contribution in [2.24, 2.45) is 0 Å². The van der Waals surface area contributed by atoms with Crippen molar-refractivity contribution in [3.63, 3.8) is 0 Å². The predicted molar refractivity (Wildman–Crippen MR) is 114 cm³/mol. The van der Waals surface area contributed by atoms with Crippen molar-refractivity contribution in [1.82, 2.24) is 25.4 Å². The van der Waals surface area contributed by atoms with Crippen molar-refractivity contribution in [2.75, 3.05) is 13.1 Å². The number of aromatic amines is 1. The first-order valence-electron chi connectivity index (χ1n) is 9.91. The quantitative estimate of drug-likeness (QED) is 0.582. The summed E-state index contributed by atoms with van der Waals surface area (Å²) in [6.07, 6.45) is 3.60. The highest BCUT2D eigenvalue weighted by molar-refractivity contribution is 6.04. The summed E-state index contributed by atoms with van der Waals surface area (Å²) < 4.78 is 5.52. The Balaban J connectivity index is 1.56. The summed E-state index contributed by atoms with van der Waals surface area (Å²) in [5, 5.41) is 10.6. The molecule has 30 heavy (non-hydrogen) atoms. The first kappa shape index (κ1) is 21.3. The van der Waals surface area contributed by atoms with Crippen molar-refractivity contribution < 1.29 is 14.3 Å². The van der Waals surface area contributed by atoms with Crippen LogP contribution in [0, 0.1) is 0 Å². The Hall–Kier alpha value is -3.42. The van der Waals surface area contributed by atoms with Crippen molar-refractivity contribution >= 4 is 22.9 Å². The second-order valence-corrected chi connectivity index (χ2v) is 7.99. The number of pyridine rings is 1. The van der Waals surface area contributed by atoms with Crippen LogP contribution in [-0.4, -0.2) is 50.8 Å². The molecular weight excluding hydrogens is 382 g/mol. The van der Waals surface area contributed by atoms with Gasteiger partial charge in [0.1, 0.15) is 5.60 Å². The predicted octanol–water partition coefficient (Wildman–Crippen LogP) is 3.52. The number of hydrogen-bond acceptors (Lipinski definition) is 5. The van der Waals surface area contributed by atoms with Crippen molar-refractivity contribution in [3.8, 4) is 0 Å². The van der Waals surface area contributed by atoms with E-state index in [1.807, 2.05) is 57.2 Å². The van der Waals surface area contributed by atoms with Gasteiger partial charge >= 0.3 is 6.09 Å². The van der Waals surface area contributed by atoms with E-state index in [1.165, 1.54) is 0 Å². The van der Waals surface area contributed by atoms with Crippen LogP contribution in [0.1, 0.15) is 43.2 Å². The fourth-order valence-electron chi connectivity index (χ4n) is 2.97. The van der Waals surface area contributed by atoms with Crippen LogP contribution >= 0.6 is 0 Å². The minimum atomic E-state index is -0.584. The highest BCUT2D eigenvalue weighted by atomic mass is 16.6. The number of rotatable bonds is 7. The highest BCUT2D eigenvalue weighted by Gasteiger charge is 2.22.